The Morgan fingerprint density at radius 3 is 1.25 bits per heavy atom. The molecule has 14 heteroatoms. The number of aromatic nitrogens is 4. The lowest BCUT2D eigenvalue weighted by Crippen LogP contribution is -2.19. The Labute approximate surface area is 256 Å². The Kier molecular flexibility index (Phi) is 16.7. The number of rotatable bonds is 24. The number of hydrogen-bond acceptors (Lipinski definition) is 12. The highest BCUT2D eigenvalue weighted by Crippen LogP contribution is 2.08. The largest absolute Gasteiger partial charge is 0.474 e. The lowest BCUT2D eigenvalue weighted by Gasteiger charge is -2.09. The van der Waals surface area contributed by atoms with Gasteiger partial charge in [0.1, 0.15) is 13.2 Å². The molecule has 3 aromatic rings. The highest BCUT2D eigenvalue weighted by Gasteiger charge is 2.01. The molecule has 0 bridgehead atoms. The second kappa shape index (κ2) is 21.1. The van der Waals surface area contributed by atoms with Crippen LogP contribution < -0.4 is 20.6 Å². The zero-order valence-corrected chi connectivity index (χ0v) is 25.4. The summed E-state index contributed by atoms with van der Waals surface area (Å²) in [4.78, 5) is 22.6. The molecule has 0 spiro atoms. The van der Waals surface area contributed by atoms with Crippen molar-refractivity contribution >= 4 is 0 Å². The summed E-state index contributed by atoms with van der Waals surface area (Å²) in [5, 5.41) is 7.97. The van der Waals surface area contributed by atoms with E-state index in [1.54, 1.807) is 14.1 Å². The summed E-state index contributed by atoms with van der Waals surface area (Å²) in [6.07, 6.45) is 0. The van der Waals surface area contributed by atoms with Gasteiger partial charge in [-0.3, -0.25) is 9.59 Å². The molecule has 44 heavy (non-hydrogen) atoms. The van der Waals surface area contributed by atoms with Crippen molar-refractivity contribution in [1.29, 1.82) is 0 Å². The Hall–Kier alpha value is -3.66. The number of nitrogens with zero attached hydrogens (tertiary/aromatic N) is 4. The first-order valence-electron chi connectivity index (χ1n) is 14.4. The van der Waals surface area contributed by atoms with Crippen LogP contribution in [0.5, 0.6) is 11.8 Å². The van der Waals surface area contributed by atoms with Crippen molar-refractivity contribution < 1.29 is 37.9 Å². The summed E-state index contributed by atoms with van der Waals surface area (Å²) in [6, 6.07) is 13.9. The fraction of sp³-hybridized carbons (Fsp3) is 0.533. The minimum absolute atomic E-state index is 0.190. The quantitative estimate of drug-likeness (QED) is 0.133. The standard InChI is InChI=1S/C30H42N4O10/c1-33-29(35)8-6-27(31-33)43-20-18-39-12-10-37-14-16-41-23-25-4-3-5-26(22-25)24-42-17-15-38-11-13-40-19-21-44-28-7-9-30(36)34(2)32-28/h3-9,22H,10-21,23-24H2,1-2H3. The van der Waals surface area contributed by atoms with E-state index in [1.807, 2.05) is 18.2 Å². The molecule has 0 aliphatic rings. The van der Waals surface area contributed by atoms with Crippen molar-refractivity contribution in [3.8, 4) is 11.8 Å². The van der Waals surface area contributed by atoms with Gasteiger partial charge in [-0.1, -0.05) is 24.3 Å². The van der Waals surface area contributed by atoms with E-state index in [0.29, 0.717) is 104 Å². The summed E-state index contributed by atoms with van der Waals surface area (Å²) in [5.74, 6) is 0.758. The SMILES string of the molecule is Cn1nc(OCCOCCOCCOCc2cccc(COCCOCCOCCOc3ccc(=O)n(C)n3)c2)ccc1=O. The third-order valence-corrected chi connectivity index (χ3v) is 5.84. The van der Waals surface area contributed by atoms with Gasteiger partial charge in [-0.2, -0.15) is 0 Å². The van der Waals surface area contributed by atoms with Crippen molar-refractivity contribution in [2.45, 2.75) is 13.2 Å². The molecular formula is C30H42N4O10. The third-order valence-electron chi connectivity index (χ3n) is 5.84. The van der Waals surface area contributed by atoms with Gasteiger partial charge < -0.3 is 37.9 Å². The molecule has 0 unspecified atom stereocenters. The molecule has 0 saturated heterocycles. The maximum absolute atomic E-state index is 11.3. The molecule has 0 saturated carbocycles. The molecule has 2 aromatic heterocycles. The minimum atomic E-state index is -0.190. The molecule has 242 valence electrons. The van der Waals surface area contributed by atoms with Crippen LogP contribution >= 0.6 is 0 Å². The summed E-state index contributed by atoms with van der Waals surface area (Å²) >= 11 is 0. The van der Waals surface area contributed by atoms with Gasteiger partial charge in [-0.05, 0) is 11.1 Å². The number of hydrogen-bond donors (Lipinski definition) is 0. The summed E-state index contributed by atoms with van der Waals surface area (Å²) in [5.41, 5.74) is 1.74. The number of aryl methyl sites for hydroxylation is 2. The average molecular weight is 619 g/mol. The lowest BCUT2D eigenvalue weighted by molar-refractivity contribution is 0.00489. The van der Waals surface area contributed by atoms with E-state index in [0.717, 1.165) is 11.1 Å². The molecule has 1 aromatic carbocycles. The van der Waals surface area contributed by atoms with Crippen LogP contribution in [0.3, 0.4) is 0 Å². The Morgan fingerprint density at radius 1 is 0.500 bits per heavy atom. The van der Waals surface area contributed by atoms with Crippen LogP contribution in [0.15, 0.2) is 58.1 Å². The fourth-order valence-electron chi connectivity index (χ4n) is 3.59. The Morgan fingerprint density at radius 2 is 0.864 bits per heavy atom. The van der Waals surface area contributed by atoms with Gasteiger partial charge in [-0.25, -0.2) is 9.36 Å². The Balaban J connectivity index is 1.09. The molecule has 2 heterocycles. The van der Waals surface area contributed by atoms with Crippen LogP contribution in [-0.2, 0) is 55.7 Å². The maximum atomic E-state index is 11.3. The Bertz CT molecular complexity index is 1240. The zero-order valence-electron chi connectivity index (χ0n) is 25.4. The second-order valence-electron chi connectivity index (χ2n) is 9.34. The van der Waals surface area contributed by atoms with E-state index in [1.165, 1.54) is 33.6 Å². The normalized spacial score (nSPS) is 11.1. The van der Waals surface area contributed by atoms with Crippen LogP contribution in [0.4, 0.5) is 0 Å². The van der Waals surface area contributed by atoms with Gasteiger partial charge in [0, 0.05) is 38.4 Å². The highest BCUT2D eigenvalue weighted by molar-refractivity contribution is 5.22. The van der Waals surface area contributed by atoms with Gasteiger partial charge in [-0.15, -0.1) is 10.2 Å². The van der Waals surface area contributed by atoms with E-state index in [-0.39, 0.29) is 11.1 Å². The number of ether oxygens (including phenoxy) is 8. The van der Waals surface area contributed by atoms with Gasteiger partial charge in [0.2, 0.25) is 11.8 Å². The topological polar surface area (TPSA) is 144 Å². The van der Waals surface area contributed by atoms with Crippen molar-refractivity contribution in [3.05, 3.63) is 80.4 Å². The van der Waals surface area contributed by atoms with E-state index >= 15 is 0 Å². The van der Waals surface area contributed by atoms with Gasteiger partial charge in [0.05, 0.1) is 79.3 Å². The lowest BCUT2D eigenvalue weighted by atomic mass is 10.1. The van der Waals surface area contributed by atoms with Crippen molar-refractivity contribution in [2.24, 2.45) is 14.1 Å². The molecule has 0 radical (unpaired) electrons. The smallest absolute Gasteiger partial charge is 0.266 e. The van der Waals surface area contributed by atoms with E-state index < -0.39 is 0 Å². The molecule has 14 nitrogen and oxygen atoms in total. The van der Waals surface area contributed by atoms with E-state index in [2.05, 4.69) is 16.3 Å². The fourth-order valence-corrected chi connectivity index (χ4v) is 3.59. The molecule has 0 amide bonds. The van der Waals surface area contributed by atoms with Crippen LogP contribution in [-0.4, -0.2) is 98.8 Å². The van der Waals surface area contributed by atoms with Crippen LogP contribution in [0, 0.1) is 0 Å². The predicted molar refractivity (Wildman–Crippen MR) is 159 cm³/mol. The monoisotopic (exact) mass is 618 g/mol. The van der Waals surface area contributed by atoms with Crippen LogP contribution in [0.2, 0.25) is 0 Å². The molecule has 3 rings (SSSR count). The van der Waals surface area contributed by atoms with Crippen LogP contribution in [0.1, 0.15) is 11.1 Å². The third kappa shape index (κ3) is 14.7. The molecule has 0 N–H and O–H groups in total. The van der Waals surface area contributed by atoms with Crippen molar-refractivity contribution in [2.75, 3.05) is 79.3 Å². The first-order valence-corrected chi connectivity index (χ1v) is 14.4. The van der Waals surface area contributed by atoms with E-state index in [9.17, 15) is 9.59 Å². The maximum Gasteiger partial charge on any atom is 0.266 e. The molecule has 0 fully saturated rings. The molecule has 0 aliphatic heterocycles. The van der Waals surface area contributed by atoms with Gasteiger partial charge in [0.25, 0.3) is 11.1 Å². The van der Waals surface area contributed by atoms with Crippen molar-refractivity contribution in [1.82, 2.24) is 19.6 Å². The minimum Gasteiger partial charge on any atom is -0.474 e. The molecule has 0 atom stereocenters. The highest BCUT2D eigenvalue weighted by atomic mass is 16.6. The van der Waals surface area contributed by atoms with Gasteiger partial charge in [0.15, 0.2) is 0 Å². The van der Waals surface area contributed by atoms with Crippen LogP contribution in [0.25, 0.3) is 0 Å². The zero-order chi connectivity index (χ0) is 31.2. The van der Waals surface area contributed by atoms with Gasteiger partial charge >= 0.3 is 0 Å². The van der Waals surface area contributed by atoms with Crippen molar-refractivity contribution in [3.63, 3.8) is 0 Å². The summed E-state index contributed by atoms with van der Waals surface area (Å²) < 4.78 is 46.7. The molecular weight excluding hydrogens is 576 g/mol. The van der Waals surface area contributed by atoms with E-state index in [4.69, 9.17) is 37.9 Å². The number of benzene rings is 1. The molecule has 0 aliphatic carbocycles. The summed E-state index contributed by atoms with van der Waals surface area (Å²) in [7, 11) is 3.14. The second-order valence-corrected chi connectivity index (χ2v) is 9.34. The first-order chi connectivity index (χ1) is 21.5. The first kappa shape index (κ1) is 34.8. The summed E-state index contributed by atoms with van der Waals surface area (Å²) in [6.45, 7) is 6.11. The average Bonchev–Trinajstić information content (AvgIpc) is 3.02. The predicted octanol–water partition coefficient (Wildman–Crippen LogP) is 1.13.